The first-order chi connectivity index (χ1) is 11.5. The van der Waals surface area contributed by atoms with Crippen LogP contribution in [-0.2, 0) is 11.2 Å². The quantitative estimate of drug-likeness (QED) is 0.722. The van der Waals surface area contributed by atoms with Crippen LogP contribution in [0.25, 0.3) is 5.95 Å². The molecule has 8 nitrogen and oxygen atoms in total. The number of rotatable bonds is 7. The zero-order valence-electron chi connectivity index (χ0n) is 14.0. The molecule has 0 aromatic carbocycles. The van der Waals surface area contributed by atoms with E-state index in [1.54, 1.807) is 17.1 Å². The van der Waals surface area contributed by atoms with E-state index < -0.39 is 6.09 Å². The molecule has 0 fully saturated rings. The van der Waals surface area contributed by atoms with Gasteiger partial charge in [-0.2, -0.15) is 4.68 Å². The summed E-state index contributed by atoms with van der Waals surface area (Å²) in [6, 6.07) is -0.390. The van der Waals surface area contributed by atoms with Crippen LogP contribution in [0.3, 0.4) is 0 Å². The molecule has 2 aromatic heterocycles. The molecule has 0 aliphatic carbocycles. The Morgan fingerprint density at radius 2 is 2.08 bits per heavy atom. The van der Waals surface area contributed by atoms with Crippen molar-refractivity contribution < 1.29 is 9.53 Å². The van der Waals surface area contributed by atoms with Crippen LogP contribution >= 0.6 is 15.9 Å². The number of amides is 1. The van der Waals surface area contributed by atoms with Crippen LogP contribution < -0.4 is 5.32 Å². The lowest BCUT2D eigenvalue weighted by Crippen LogP contribution is -2.29. The van der Waals surface area contributed by atoms with Gasteiger partial charge in [0.2, 0.25) is 0 Å². The van der Waals surface area contributed by atoms with Gasteiger partial charge in [-0.3, -0.25) is 0 Å². The molecule has 9 heteroatoms. The van der Waals surface area contributed by atoms with Gasteiger partial charge in [0.15, 0.2) is 11.6 Å². The maximum atomic E-state index is 11.8. The third-order valence-corrected chi connectivity index (χ3v) is 3.65. The molecule has 130 valence electrons. The number of nitrogens with one attached hydrogen (secondary N) is 1. The minimum absolute atomic E-state index is 0.390. The highest BCUT2D eigenvalue weighted by Gasteiger charge is 2.20. The lowest BCUT2D eigenvalue weighted by molar-refractivity contribution is 0.141. The number of nitrogens with zero attached hydrogens (tertiary/aromatic N) is 5. The number of carbonyl (C=O) groups excluding carboxylic acids is 1. The maximum Gasteiger partial charge on any atom is 0.407 e. The Hall–Kier alpha value is -2.03. The number of halogens is 1. The van der Waals surface area contributed by atoms with Gasteiger partial charge in [-0.15, -0.1) is 5.10 Å². The molecular weight excluding hydrogens is 376 g/mol. The summed E-state index contributed by atoms with van der Waals surface area (Å²) in [6.07, 6.45) is 5.28. The van der Waals surface area contributed by atoms with Crippen LogP contribution in [0.5, 0.6) is 0 Å². The van der Waals surface area contributed by atoms with E-state index in [2.05, 4.69) is 41.3 Å². The summed E-state index contributed by atoms with van der Waals surface area (Å²) in [5, 5.41) is 7.17. The molecular formula is C15H21BrN6O2. The van der Waals surface area contributed by atoms with Crippen LogP contribution in [0.1, 0.15) is 51.3 Å². The second kappa shape index (κ2) is 8.72. The first-order valence-electron chi connectivity index (χ1n) is 7.92. The Bertz CT molecular complexity index is 673. The Morgan fingerprint density at radius 3 is 2.71 bits per heavy atom. The van der Waals surface area contributed by atoms with E-state index in [-0.39, 0.29) is 6.04 Å². The number of hydrogen-bond donors (Lipinski definition) is 1. The molecule has 2 heterocycles. The summed E-state index contributed by atoms with van der Waals surface area (Å²) < 4.78 is 7.44. The third kappa shape index (κ3) is 4.73. The van der Waals surface area contributed by atoms with Crippen molar-refractivity contribution in [1.82, 2.24) is 30.0 Å². The van der Waals surface area contributed by atoms with Crippen LogP contribution in [-0.4, -0.2) is 37.4 Å². The maximum absolute atomic E-state index is 11.8. The molecule has 0 spiro atoms. The average molecular weight is 397 g/mol. The minimum Gasteiger partial charge on any atom is -0.450 e. The molecule has 1 atom stereocenters. The molecule has 2 aromatic rings. The van der Waals surface area contributed by atoms with E-state index in [0.29, 0.717) is 30.6 Å². The van der Waals surface area contributed by atoms with E-state index in [9.17, 15) is 4.79 Å². The Balaban J connectivity index is 2.17. The Morgan fingerprint density at radius 1 is 1.38 bits per heavy atom. The van der Waals surface area contributed by atoms with Crippen LogP contribution in [0.15, 0.2) is 16.9 Å². The van der Waals surface area contributed by atoms with Gasteiger partial charge < -0.3 is 10.1 Å². The van der Waals surface area contributed by atoms with Crippen molar-refractivity contribution in [2.24, 2.45) is 0 Å². The minimum atomic E-state index is -0.472. The van der Waals surface area contributed by atoms with Crippen LogP contribution in [0.4, 0.5) is 4.79 Å². The van der Waals surface area contributed by atoms with Crippen LogP contribution in [0, 0.1) is 0 Å². The second-order valence-electron chi connectivity index (χ2n) is 5.21. The van der Waals surface area contributed by atoms with Crippen molar-refractivity contribution in [1.29, 1.82) is 0 Å². The van der Waals surface area contributed by atoms with E-state index in [0.717, 1.165) is 17.3 Å². The van der Waals surface area contributed by atoms with Gasteiger partial charge >= 0.3 is 6.09 Å². The lowest BCUT2D eigenvalue weighted by atomic mass is 10.3. The number of aryl methyl sites for hydroxylation is 1. The largest absolute Gasteiger partial charge is 0.450 e. The zero-order chi connectivity index (χ0) is 17.5. The van der Waals surface area contributed by atoms with Crippen molar-refractivity contribution in [3.63, 3.8) is 0 Å². The third-order valence-electron chi connectivity index (χ3n) is 3.24. The predicted molar refractivity (Wildman–Crippen MR) is 91.8 cm³/mol. The molecule has 1 amide bonds. The SMILES string of the molecule is CCCCOC(=O)N[C@@H](C)c1nc(CC)nn1-c1ncc(Br)cn1. The van der Waals surface area contributed by atoms with Gasteiger partial charge in [0, 0.05) is 18.8 Å². The Labute approximate surface area is 149 Å². The van der Waals surface area contributed by atoms with Gasteiger partial charge in [-0.25, -0.2) is 19.7 Å². The molecule has 1 N–H and O–H groups in total. The van der Waals surface area contributed by atoms with Crippen molar-refractivity contribution in [2.75, 3.05) is 6.61 Å². The highest BCUT2D eigenvalue weighted by atomic mass is 79.9. The van der Waals surface area contributed by atoms with Crippen LogP contribution in [0.2, 0.25) is 0 Å². The number of ether oxygens (including phenoxy) is 1. The molecule has 2 rings (SSSR count). The van der Waals surface area contributed by atoms with Crippen molar-refractivity contribution in [2.45, 2.75) is 46.1 Å². The van der Waals surface area contributed by atoms with Gasteiger partial charge in [0.25, 0.3) is 5.95 Å². The van der Waals surface area contributed by atoms with Gasteiger partial charge in [0.1, 0.15) is 0 Å². The predicted octanol–water partition coefficient (Wildman–Crippen LogP) is 2.97. The molecule has 0 radical (unpaired) electrons. The second-order valence-corrected chi connectivity index (χ2v) is 6.12. The summed E-state index contributed by atoms with van der Waals surface area (Å²) in [4.78, 5) is 24.8. The molecule has 0 aliphatic rings. The van der Waals surface area contributed by atoms with E-state index in [4.69, 9.17) is 4.74 Å². The molecule has 0 bridgehead atoms. The van der Waals surface area contributed by atoms with E-state index in [1.807, 2.05) is 20.8 Å². The number of carbonyl (C=O) groups is 1. The Kier molecular flexibility index (Phi) is 6.65. The molecule has 0 aliphatic heterocycles. The summed E-state index contributed by atoms with van der Waals surface area (Å²) in [5.41, 5.74) is 0. The molecule has 0 saturated carbocycles. The van der Waals surface area contributed by atoms with Crippen molar-refractivity contribution in [3.8, 4) is 5.95 Å². The van der Waals surface area contributed by atoms with E-state index >= 15 is 0 Å². The number of alkyl carbamates (subject to hydrolysis) is 1. The summed E-state index contributed by atoms with van der Waals surface area (Å²) >= 11 is 3.30. The summed E-state index contributed by atoms with van der Waals surface area (Å²) in [6.45, 7) is 6.22. The average Bonchev–Trinajstić information content (AvgIpc) is 3.00. The first kappa shape index (κ1) is 18.3. The molecule has 24 heavy (non-hydrogen) atoms. The first-order valence-corrected chi connectivity index (χ1v) is 8.71. The van der Waals surface area contributed by atoms with Gasteiger partial charge in [-0.1, -0.05) is 20.3 Å². The standard InChI is InChI=1S/C15H21BrN6O2/c1-4-6-7-24-15(23)19-10(3)13-20-12(5-2)21-22(13)14-17-8-11(16)9-18-14/h8-10H,4-7H2,1-3H3,(H,19,23)/t10-/m0/s1. The fraction of sp³-hybridized carbons (Fsp3) is 0.533. The fourth-order valence-corrected chi connectivity index (χ4v) is 2.16. The van der Waals surface area contributed by atoms with Crippen molar-refractivity contribution >= 4 is 22.0 Å². The van der Waals surface area contributed by atoms with E-state index in [1.165, 1.54) is 0 Å². The summed E-state index contributed by atoms with van der Waals surface area (Å²) in [5.74, 6) is 1.61. The normalized spacial score (nSPS) is 12.0. The number of aromatic nitrogens is 5. The van der Waals surface area contributed by atoms with Gasteiger partial charge in [-0.05, 0) is 29.3 Å². The highest BCUT2D eigenvalue weighted by molar-refractivity contribution is 9.10. The number of unbranched alkanes of at least 4 members (excludes halogenated alkanes) is 1. The monoisotopic (exact) mass is 396 g/mol. The smallest absolute Gasteiger partial charge is 0.407 e. The fourth-order valence-electron chi connectivity index (χ4n) is 1.95. The van der Waals surface area contributed by atoms with Gasteiger partial charge in [0.05, 0.1) is 17.1 Å². The summed E-state index contributed by atoms with van der Waals surface area (Å²) in [7, 11) is 0. The number of hydrogen-bond acceptors (Lipinski definition) is 6. The molecule has 0 unspecified atom stereocenters. The topological polar surface area (TPSA) is 94.8 Å². The van der Waals surface area contributed by atoms with Crippen molar-refractivity contribution in [3.05, 3.63) is 28.5 Å². The zero-order valence-corrected chi connectivity index (χ0v) is 15.6. The lowest BCUT2D eigenvalue weighted by Gasteiger charge is -2.13. The molecule has 0 saturated heterocycles. The highest BCUT2D eigenvalue weighted by Crippen LogP contribution is 2.15.